The summed E-state index contributed by atoms with van der Waals surface area (Å²) in [5.74, 6) is -6.84. The maximum atomic E-state index is 14.0. The van der Waals surface area contributed by atoms with Crippen LogP contribution in [0.4, 0.5) is 4.39 Å². The Balaban J connectivity index is 0.000000331. The van der Waals surface area contributed by atoms with E-state index in [0.717, 1.165) is 18.2 Å². The SMILES string of the molecule is CN1CCC(c2c(O)cc(O)c3c(=O)cc(-c4cc(F)c(Cl)cc4Cl)oc23)C1CO.O=C(O)CC(O)(CC(=O)O)C(=O)O. The number of nitrogens with zero attached hydrogens (tertiary/aromatic N) is 1. The molecule has 232 valence electrons. The van der Waals surface area contributed by atoms with Crippen LogP contribution in [0.3, 0.4) is 0 Å². The van der Waals surface area contributed by atoms with Crippen molar-refractivity contribution in [1.29, 1.82) is 0 Å². The van der Waals surface area contributed by atoms with Gasteiger partial charge in [0.2, 0.25) is 0 Å². The van der Waals surface area contributed by atoms with Crippen LogP contribution < -0.4 is 5.43 Å². The molecule has 2 atom stereocenters. The second kappa shape index (κ2) is 13.1. The predicted octanol–water partition coefficient (Wildman–Crippen LogP) is 2.85. The number of halogens is 3. The fourth-order valence-corrected chi connectivity index (χ4v) is 5.33. The lowest BCUT2D eigenvalue weighted by Gasteiger charge is -2.24. The number of aliphatic hydroxyl groups is 2. The Morgan fingerprint density at radius 3 is 2.16 bits per heavy atom. The van der Waals surface area contributed by atoms with E-state index >= 15 is 0 Å². The Bertz CT molecular complexity index is 1630. The molecule has 43 heavy (non-hydrogen) atoms. The van der Waals surface area contributed by atoms with Crippen molar-refractivity contribution in [2.45, 2.75) is 36.8 Å². The molecule has 2 heterocycles. The number of aliphatic carboxylic acids is 3. The Morgan fingerprint density at radius 2 is 1.63 bits per heavy atom. The lowest BCUT2D eigenvalue weighted by atomic mass is 9.89. The van der Waals surface area contributed by atoms with Gasteiger partial charge < -0.3 is 45.1 Å². The molecule has 0 bridgehead atoms. The largest absolute Gasteiger partial charge is 0.507 e. The number of aromatic hydroxyl groups is 2. The molecule has 4 rings (SSSR count). The highest BCUT2D eigenvalue weighted by Gasteiger charge is 2.41. The number of benzene rings is 2. The lowest BCUT2D eigenvalue weighted by Crippen LogP contribution is -2.42. The third-order valence-corrected chi connectivity index (χ3v) is 7.54. The van der Waals surface area contributed by atoms with Crippen molar-refractivity contribution in [3.8, 4) is 22.8 Å². The Kier molecular flexibility index (Phi) is 10.3. The molecular weight excluding hydrogens is 620 g/mol. The number of phenolic OH excluding ortho intramolecular Hbond substituents is 2. The van der Waals surface area contributed by atoms with Gasteiger partial charge in [-0.1, -0.05) is 23.2 Å². The maximum absolute atomic E-state index is 14.0. The van der Waals surface area contributed by atoms with E-state index in [0.29, 0.717) is 18.5 Å². The first-order valence-electron chi connectivity index (χ1n) is 12.4. The first kappa shape index (κ1) is 33.6. The van der Waals surface area contributed by atoms with Gasteiger partial charge in [-0.25, -0.2) is 9.18 Å². The van der Waals surface area contributed by atoms with E-state index in [1.54, 1.807) is 0 Å². The van der Waals surface area contributed by atoms with E-state index < -0.39 is 53.3 Å². The quantitative estimate of drug-likeness (QED) is 0.175. The topological polar surface area (TPSA) is 226 Å². The molecule has 2 unspecified atom stereocenters. The summed E-state index contributed by atoms with van der Waals surface area (Å²) in [5, 5.41) is 64.3. The van der Waals surface area contributed by atoms with Crippen molar-refractivity contribution in [2.24, 2.45) is 0 Å². The van der Waals surface area contributed by atoms with Gasteiger partial charge in [-0.2, -0.15) is 0 Å². The molecule has 0 radical (unpaired) electrons. The number of rotatable bonds is 8. The average Bonchev–Trinajstić information content (AvgIpc) is 3.24. The summed E-state index contributed by atoms with van der Waals surface area (Å²) in [4.78, 5) is 45.3. The summed E-state index contributed by atoms with van der Waals surface area (Å²) in [6.07, 6.45) is -1.69. The minimum atomic E-state index is -2.74. The zero-order chi connectivity index (χ0) is 32.4. The summed E-state index contributed by atoms with van der Waals surface area (Å²) in [6, 6.07) is 4.13. The molecule has 1 aromatic heterocycles. The fraction of sp³-hybridized carbons (Fsp3) is 0.333. The molecule has 1 saturated heterocycles. The fourth-order valence-electron chi connectivity index (χ4n) is 4.85. The highest BCUT2D eigenvalue weighted by atomic mass is 35.5. The van der Waals surface area contributed by atoms with E-state index in [2.05, 4.69) is 0 Å². The van der Waals surface area contributed by atoms with Crippen LogP contribution in [0.15, 0.2) is 33.5 Å². The summed E-state index contributed by atoms with van der Waals surface area (Å²) in [6.45, 7) is 0.497. The van der Waals surface area contributed by atoms with Gasteiger partial charge in [-0.15, -0.1) is 0 Å². The van der Waals surface area contributed by atoms with Gasteiger partial charge >= 0.3 is 17.9 Å². The van der Waals surface area contributed by atoms with Crippen LogP contribution in [0.2, 0.25) is 10.0 Å². The van der Waals surface area contributed by atoms with Crippen LogP contribution in [0, 0.1) is 5.82 Å². The van der Waals surface area contributed by atoms with Crippen LogP contribution in [-0.4, -0.2) is 90.4 Å². The summed E-state index contributed by atoms with van der Waals surface area (Å²) in [7, 11) is 1.85. The van der Waals surface area contributed by atoms with Crippen molar-refractivity contribution < 1.29 is 58.9 Å². The highest BCUT2D eigenvalue weighted by molar-refractivity contribution is 6.36. The van der Waals surface area contributed by atoms with Crippen LogP contribution in [0.25, 0.3) is 22.3 Å². The van der Waals surface area contributed by atoms with Gasteiger partial charge in [0.25, 0.3) is 0 Å². The van der Waals surface area contributed by atoms with Gasteiger partial charge in [0.05, 0.1) is 29.5 Å². The van der Waals surface area contributed by atoms with E-state index in [1.807, 2.05) is 11.9 Å². The zero-order valence-electron chi connectivity index (χ0n) is 22.3. The normalized spacial score (nSPS) is 17.0. The van der Waals surface area contributed by atoms with Crippen molar-refractivity contribution in [2.75, 3.05) is 20.2 Å². The number of hydrogen-bond acceptors (Lipinski definition) is 10. The number of likely N-dealkylation sites (N-methyl/N-ethyl adjacent to an activating group) is 1. The van der Waals surface area contributed by atoms with Gasteiger partial charge in [-0.05, 0) is 32.1 Å². The summed E-state index contributed by atoms with van der Waals surface area (Å²) < 4.78 is 20.0. The first-order valence-corrected chi connectivity index (χ1v) is 13.1. The summed E-state index contributed by atoms with van der Waals surface area (Å²) in [5.41, 5.74) is -2.94. The zero-order valence-corrected chi connectivity index (χ0v) is 23.8. The third-order valence-electron chi connectivity index (χ3n) is 6.94. The number of carboxylic acids is 3. The van der Waals surface area contributed by atoms with Crippen LogP contribution >= 0.6 is 23.2 Å². The molecule has 0 amide bonds. The molecule has 0 saturated carbocycles. The molecule has 7 N–H and O–H groups in total. The number of hydrogen-bond donors (Lipinski definition) is 7. The Labute approximate surface area is 251 Å². The van der Waals surface area contributed by atoms with Gasteiger partial charge in [0.15, 0.2) is 11.0 Å². The number of carbonyl (C=O) groups is 3. The number of likely N-dealkylation sites (tertiary alicyclic amines) is 1. The molecule has 1 fully saturated rings. The molecule has 16 heteroatoms. The molecule has 1 aliphatic heterocycles. The van der Waals surface area contributed by atoms with Crippen molar-refractivity contribution in [3.05, 3.63) is 55.9 Å². The second-order valence-electron chi connectivity index (χ2n) is 9.86. The van der Waals surface area contributed by atoms with Gasteiger partial charge in [0.1, 0.15) is 34.0 Å². The predicted molar refractivity (Wildman–Crippen MR) is 149 cm³/mol. The van der Waals surface area contributed by atoms with Crippen molar-refractivity contribution in [1.82, 2.24) is 4.90 Å². The first-order chi connectivity index (χ1) is 20.0. The average molecular weight is 646 g/mol. The highest BCUT2D eigenvalue weighted by Crippen LogP contribution is 2.44. The van der Waals surface area contributed by atoms with Gasteiger partial charge in [0, 0.05) is 35.2 Å². The monoisotopic (exact) mass is 645 g/mol. The second-order valence-corrected chi connectivity index (χ2v) is 10.7. The molecule has 13 nitrogen and oxygen atoms in total. The van der Waals surface area contributed by atoms with Crippen LogP contribution in [-0.2, 0) is 14.4 Å². The van der Waals surface area contributed by atoms with E-state index in [1.165, 1.54) is 6.07 Å². The minimum Gasteiger partial charge on any atom is -0.507 e. The Hall–Kier alpha value is -3.95. The van der Waals surface area contributed by atoms with Crippen molar-refractivity contribution >= 4 is 52.1 Å². The molecule has 0 aliphatic carbocycles. The summed E-state index contributed by atoms with van der Waals surface area (Å²) >= 11 is 11.9. The molecule has 3 aromatic rings. The maximum Gasteiger partial charge on any atom is 0.336 e. The van der Waals surface area contributed by atoms with E-state index in [4.69, 9.17) is 48.0 Å². The van der Waals surface area contributed by atoms with Crippen LogP contribution in [0.5, 0.6) is 11.5 Å². The Morgan fingerprint density at radius 1 is 1.02 bits per heavy atom. The molecule has 1 aliphatic rings. The van der Waals surface area contributed by atoms with E-state index in [-0.39, 0.29) is 56.7 Å². The van der Waals surface area contributed by atoms with Gasteiger partial charge in [-0.3, -0.25) is 14.4 Å². The van der Waals surface area contributed by atoms with E-state index in [9.17, 15) is 38.9 Å². The number of fused-ring (bicyclic) bond motifs is 1. The minimum absolute atomic E-state index is 0.0276. The number of aliphatic hydroxyl groups excluding tert-OH is 1. The lowest BCUT2D eigenvalue weighted by molar-refractivity contribution is -0.170. The number of carboxylic acid groups (broad SMARTS) is 3. The molecule has 0 spiro atoms. The molecular formula is C27H26Cl2FNO12. The molecule has 2 aromatic carbocycles. The van der Waals surface area contributed by atoms with Crippen molar-refractivity contribution in [3.63, 3.8) is 0 Å². The third kappa shape index (κ3) is 7.17. The standard InChI is InChI=1S/C21H18Cl2FNO5.C6H8O7/c1-25-3-2-9(14(25)8-26)19-15(27)6-16(28)20-17(29)7-18(30-21(19)20)10-4-13(24)12(23)5-11(10)22;7-3(8)1-6(13,5(11)12)2-4(9)10/h4-7,9,14,26-28H,2-3,8H2,1H3;13H,1-2H2,(H,7,8)(H,9,10)(H,11,12). The number of phenols is 2. The smallest absolute Gasteiger partial charge is 0.336 e. The van der Waals surface area contributed by atoms with Crippen LogP contribution in [0.1, 0.15) is 30.7 Å².